The third kappa shape index (κ3) is 2.92. The van der Waals surface area contributed by atoms with Gasteiger partial charge in [0.1, 0.15) is 11.1 Å². The standard InChI is InChI=1S/C14H10O6/c15-12(16)3-1-2-8-4-5-11-9(6-8)7-10(13(17)18)14(19)20-11/h1-2,4-7H,3H2,(H,15,16)(H,17,18). The summed E-state index contributed by atoms with van der Waals surface area (Å²) in [7, 11) is 0. The summed E-state index contributed by atoms with van der Waals surface area (Å²) in [6.07, 6.45) is 2.96. The zero-order valence-electron chi connectivity index (χ0n) is 10.2. The minimum atomic E-state index is -1.35. The molecule has 1 aromatic heterocycles. The maximum absolute atomic E-state index is 11.4. The van der Waals surface area contributed by atoms with Crippen molar-refractivity contribution in [2.45, 2.75) is 6.42 Å². The van der Waals surface area contributed by atoms with Crippen LogP contribution in [0.5, 0.6) is 0 Å². The first-order chi connectivity index (χ1) is 9.47. The minimum Gasteiger partial charge on any atom is -0.481 e. The second-order valence-electron chi connectivity index (χ2n) is 4.05. The highest BCUT2D eigenvalue weighted by molar-refractivity contribution is 5.92. The highest BCUT2D eigenvalue weighted by Crippen LogP contribution is 2.17. The molecule has 2 N–H and O–H groups in total. The molecule has 0 unspecified atom stereocenters. The van der Waals surface area contributed by atoms with Crippen molar-refractivity contribution < 1.29 is 24.2 Å². The van der Waals surface area contributed by atoms with Crippen LogP contribution in [0.15, 0.2) is 39.6 Å². The number of fused-ring (bicyclic) bond motifs is 1. The molecular formula is C14H10O6. The molecule has 20 heavy (non-hydrogen) atoms. The Labute approximate surface area is 112 Å². The van der Waals surface area contributed by atoms with Crippen LogP contribution in [0.4, 0.5) is 0 Å². The molecule has 0 aliphatic heterocycles. The van der Waals surface area contributed by atoms with Crippen molar-refractivity contribution in [1.82, 2.24) is 0 Å². The van der Waals surface area contributed by atoms with E-state index in [0.29, 0.717) is 10.9 Å². The van der Waals surface area contributed by atoms with Gasteiger partial charge in [-0.2, -0.15) is 0 Å². The second-order valence-corrected chi connectivity index (χ2v) is 4.05. The van der Waals surface area contributed by atoms with E-state index >= 15 is 0 Å². The molecule has 0 fully saturated rings. The van der Waals surface area contributed by atoms with E-state index in [2.05, 4.69) is 0 Å². The molecule has 2 aromatic rings. The number of aromatic carboxylic acids is 1. The Kier molecular flexibility index (Phi) is 3.65. The molecule has 2 rings (SSSR count). The first-order valence-electron chi connectivity index (χ1n) is 5.67. The van der Waals surface area contributed by atoms with Gasteiger partial charge in [-0.15, -0.1) is 0 Å². The van der Waals surface area contributed by atoms with E-state index in [9.17, 15) is 14.4 Å². The largest absolute Gasteiger partial charge is 0.481 e. The molecule has 0 radical (unpaired) electrons. The molecule has 0 aliphatic carbocycles. The summed E-state index contributed by atoms with van der Waals surface area (Å²) in [5.74, 6) is -2.30. The fourth-order valence-electron chi connectivity index (χ4n) is 1.69. The van der Waals surface area contributed by atoms with Crippen LogP contribution in [0.3, 0.4) is 0 Å². The zero-order chi connectivity index (χ0) is 14.7. The van der Waals surface area contributed by atoms with Gasteiger partial charge in [-0.3, -0.25) is 4.79 Å². The number of hydrogen-bond donors (Lipinski definition) is 2. The van der Waals surface area contributed by atoms with E-state index in [-0.39, 0.29) is 12.0 Å². The lowest BCUT2D eigenvalue weighted by Gasteiger charge is -2.00. The van der Waals surface area contributed by atoms with Crippen LogP contribution in [0, 0.1) is 0 Å². The summed E-state index contributed by atoms with van der Waals surface area (Å²) >= 11 is 0. The normalized spacial score (nSPS) is 11.0. The van der Waals surface area contributed by atoms with Gasteiger partial charge in [0.25, 0.3) is 0 Å². The number of hydrogen-bond acceptors (Lipinski definition) is 4. The summed E-state index contributed by atoms with van der Waals surface area (Å²) in [6, 6.07) is 6.02. The van der Waals surface area contributed by atoms with Gasteiger partial charge in [0.2, 0.25) is 0 Å². The molecule has 6 heteroatoms. The summed E-state index contributed by atoms with van der Waals surface area (Å²) in [5, 5.41) is 17.8. The molecule has 0 amide bonds. The SMILES string of the molecule is O=C(O)CC=Cc1ccc2oc(=O)c(C(=O)O)cc2c1. The maximum Gasteiger partial charge on any atom is 0.351 e. The lowest BCUT2D eigenvalue weighted by Crippen LogP contribution is -2.12. The fourth-order valence-corrected chi connectivity index (χ4v) is 1.69. The number of rotatable bonds is 4. The topological polar surface area (TPSA) is 105 Å². The van der Waals surface area contributed by atoms with Crippen molar-refractivity contribution in [3.63, 3.8) is 0 Å². The molecule has 102 valence electrons. The smallest absolute Gasteiger partial charge is 0.351 e. The van der Waals surface area contributed by atoms with Crippen molar-refractivity contribution in [1.29, 1.82) is 0 Å². The van der Waals surface area contributed by atoms with Gasteiger partial charge in [-0.05, 0) is 23.8 Å². The molecule has 0 bridgehead atoms. The van der Waals surface area contributed by atoms with Crippen molar-refractivity contribution >= 4 is 29.0 Å². The van der Waals surface area contributed by atoms with E-state index < -0.39 is 23.1 Å². The number of aliphatic carboxylic acids is 1. The van der Waals surface area contributed by atoms with Gasteiger partial charge in [-0.1, -0.05) is 18.2 Å². The highest BCUT2D eigenvalue weighted by Gasteiger charge is 2.11. The van der Waals surface area contributed by atoms with Crippen LogP contribution in [-0.4, -0.2) is 22.2 Å². The molecule has 1 heterocycles. The van der Waals surface area contributed by atoms with Crippen molar-refractivity contribution in [3.05, 3.63) is 51.9 Å². The Balaban J connectivity index is 2.45. The zero-order valence-corrected chi connectivity index (χ0v) is 10.2. The Morgan fingerprint density at radius 2 is 1.95 bits per heavy atom. The van der Waals surface area contributed by atoms with Crippen LogP contribution >= 0.6 is 0 Å². The first-order valence-corrected chi connectivity index (χ1v) is 5.67. The summed E-state index contributed by atoms with van der Waals surface area (Å²) in [6.45, 7) is 0. The minimum absolute atomic E-state index is 0.109. The van der Waals surface area contributed by atoms with Gasteiger partial charge in [0.05, 0.1) is 6.42 Å². The molecule has 1 aromatic carbocycles. The molecule has 6 nitrogen and oxygen atoms in total. The van der Waals surface area contributed by atoms with E-state index in [4.69, 9.17) is 14.6 Å². The first kappa shape index (κ1) is 13.5. The Hall–Kier alpha value is -2.89. The van der Waals surface area contributed by atoms with Gasteiger partial charge in [0.15, 0.2) is 0 Å². The number of carbonyl (C=O) groups is 2. The second kappa shape index (κ2) is 5.40. The van der Waals surface area contributed by atoms with Crippen LogP contribution in [0.1, 0.15) is 22.3 Å². The number of carboxylic acids is 2. The lowest BCUT2D eigenvalue weighted by molar-refractivity contribution is -0.135. The monoisotopic (exact) mass is 274 g/mol. The van der Waals surface area contributed by atoms with Gasteiger partial charge >= 0.3 is 17.6 Å². The predicted molar refractivity (Wildman–Crippen MR) is 70.7 cm³/mol. The van der Waals surface area contributed by atoms with Gasteiger partial charge in [0, 0.05) is 5.39 Å². The van der Waals surface area contributed by atoms with E-state index in [1.165, 1.54) is 18.2 Å². The van der Waals surface area contributed by atoms with Crippen molar-refractivity contribution in [2.75, 3.05) is 0 Å². The van der Waals surface area contributed by atoms with Crippen LogP contribution < -0.4 is 5.63 Å². The van der Waals surface area contributed by atoms with Gasteiger partial charge in [-0.25, -0.2) is 9.59 Å². The number of carboxylic acid groups (broad SMARTS) is 2. The third-order valence-electron chi connectivity index (χ3n) is 2.59. The molecule has 0 saturated heterocycles. The van der Waals surface area contributed by atoms with Crippen LogP contribution in [0.25, 0.3) is 17.0 Å². The molecule has 0 saturated carbocycles. The third-order valence-corrected chi connectivity index (χ3v) is 2.59. The molecule has 0 spiro atoms. The molecular weight excluding hydrogens is 264 g/mol. The van der Waals surface area contributed by atoms with Crippen molar-refractivity contribution in [2.24, 2.45) is 0 Å². The lowest BCUT2D eigenvalue weighted by atomic mass is 10.1. The average Bonchev–Trinajstić information content (AvgIpc) is 2.37. The maximum atomic E-state index is 11.4. The van der Waals surface area contributed by atoms with Crippen molar-refractivity contribution in [3.8, 4) is 0 Å². The van der Waals surface area contributed by atoms with Crippen LogP contribution in [0.2, 0.25) is 0 Å². The number of benzene rings is 1. The summed E-state index contributed by atoms with van der Waals surface area (Å²) < 4.78 is 4.90. The molecule has 0 atom stereocenters. The highest BCUT2D eigenvalue weighted by atomic mass is 16.4. The quantitative estimate of drug-likeness (QED) is 0.826. The average molecular weight is 274 g/mol. The fraction of sp³-hybridized carbons (Fsp3) is 0.0714. The Bertz CT molecular complexity index is 769. The summed E-state index contributed by atoms with van der Waals surface area (Å²) in [4.78, 5) is 32.6. The Morgan fingerprint density at radius 1 is 1.20 bits per heavy atom. The van der Waals surface area contributed by atoms with Gasteiger partial charge < -0.3 is 14.6 Å². The Morgan fingerprint density at radius 3 is 2.60 bits per heavy atom. The summed E-state index contributed by atoms with van der Waals surface area (Å²) in [5.41, 5.74) is -0.386. The molecule has 0 aliphatic rings. The van der Waals surface area contributed by atoms with E-state index in [1.54, 1.807) is 18.2 Å². The predicted octanol–water partition coefficient (Wildman–Crippen LogP) is 1.98. The van der Waals surface area contributed by atoms with E-state index in [1.807, 2.05) is 0 Å². The van der Waals surface area contributed by atoms with E-state index in [0.717, 1.165) is 0 Å². The van der Waals surface area contributed by atoms with Crippen LogP contribution in [-0.2, 0) is 4.79 Å².